The summed E-state index contributed by atoms with van der Waals surface area (Å²) in [5.74, 6) is -0.459. The normalized spacial score (nSPS) is 32.7. The van der Waals surface area contributed by atoms with Crippen molar-refractivity contribution in [3.8, 4) is 0 Å². The molecule has 13 heavy (non-hydrogen) atoms. The van der Waals surface area contributed by atoms with Gasteiger partial charge in [-0.2, -0.15) is 8.78 Å². The molecular formula is C9H13F2NO. The number of carbonyl (C=O) groups excluding carboxylic acids is 1. The molecule has 0 radical (unpaired) electrons. The number of hydrogen-bond acceptors (Lipinski definition) is 1. The van der Waals surface area contributed by atoms with Gasteiger partial charge in [-0.05, 0) is 18.8 Å². The summed E-state index contributed by atoms with van der Waals surface area (Å²) in [6, 6.07) is 0.134. The van der Waals surface area contributed by atoms with Crippen LogP contribution in [0.2, 0.25) is 0 Å². The van der Waals surface area contributed by atoms with Gasteiger partial charge in [0.25, 0.3) is 5.91 Å². The molecule has 2 unspecified atom stereocenters. The van der Waals surface area contributed by atoms with Gasteiger partial charge in [-0.3, -0.25) is 4.79 Å². The van der Waals surface area contributed by atoms with Crippen LogP contribution >= 0.6 is 0 Å². The zero-order chi connectivity index (χ0) is 9.42. The quantitative estimate of drug-likeness (QED) is 0.614. The third-order valence-electron chi connectivity index (χ3n) is 3.17. The molecule has 1 heterocycles. The van der Waals surface area contributed by atoms with E-state index in [1.54, 1.807) is 0 Å². The van der Waals surface area contributed by atoms with E-state index >= 15 is 0 Å². The maximum atomic E-state index is 12.1. The number of nitrogens with zero attached hydrogens (tertiary/aromatic N) is 1. The van der Waals surface area contributed by atoms with Gasteiger partial charge < -0.3 is 4.90 Å². The van der Waals surface area contributed by atoms with Crippen LogP contribution in [0.4, 0.5) is 8.78 Å². The van der Waals surface area contributed by atoms with Gasteiger partial charge in [-0.25, -0.2) is 0 Å². The Kier molecular flexibility index (Phi) is 2.22. The monoisotopic (exact) mass is 189 g/mol. The van der Waals surface area contributed by atoms with Crippen molar-refractivity contribution >= 4 is 5.91 Å². The minimum absolute atomic E-state index is 0.134. The van der Waals surface area contributed by atoms with E-state index in [0.717, 1.165) is 19.3 Å². The minimum atomic E-state index is -2.82. The molecular weight excluding hydrogens is 176 g/mol. The summed E-state index contributed by atoms with van der Waals surface area (Å²) in [5, 5.41) is 0. The Morgan fingerprint density at radius 2 is 2.00 bits per heavy atom. The Labute approximate surface area is 75.9 Å². The molecule has 2 aliphatic rings. The van der Waals surface area contributed by atoms with Crippen LogP contribution in [0.15, 0.2) is 0 Å². The fourth-order valence-corrected chi connectivity index (χ4v) is 2.44. The van der Waals surface area contributed by atoms with E-state index in [9.17, 15) is 13.6 Å². The summed E-state index contributed by atoms with van der Waals surface area (Å²) in [6.07, 6.45) is 1.48. The topological polar surface area (TPSA) is 20.3 Å². The molecule has 2 atom stereocenters. The first-order valence-electron chi connectivity index (χ1n) is 4.79. The smallest absolute Gasteiger partial charge is 0.315 e. The Morgan fingerprint density at radius 3 is 2.62 bits per heavy atom. The second-order valence-corrected chi connectivity index (χ2v) is 3.90. The van der Waals surface area contributed by atoms with Gasteiger partial charge in [-0.15, -0.1) is 0 Å². The van der Waals surface area contributed by atoms with E-state index in [-0.39, 0.29) is 6.04 Å². The van der Waals surface area contributed by atoms with Gasteiger partial charge in [0.05, 0.1) is 0 Å². The summed E-state index contributed by atoms with van der Waals surface area (Å²) >= 11 is 0. The second-order valence-electron chi connectivity index (χ2n) is 3.90. The molecule has 74 valence electrons. The number of amides is 1. The fraction of sp³-hybridized carbons (Fsp3) is 0.889. The standard InChI is InChI=1S/C9H13F2NO/c10-8(11)9(13)12-5-6-3-1-2-4-7(6)12/h6-8H,1-5H2. The molecule has 1 saturated carbocycles. The first kappa shape index (κ1) is 8.91. The third-order valence-corrected chi connectivity index (χ3v) is 3.17. The first-order valence-corrected chi connectivity index (χ1v) is 4.79. The maximum absolute atomic E-state index is 12.1. The van der Waals surface area contributed by atoms with Gasteiger partial charge in [0.2, 0.25) is 0 Å². The highest BCUT2D eigenvalue weighted by molar-refractivity contribution is 5.80. The highest BCUT2D eigenvalue weighted by atomic mass is 19.3. The van der Waals surface area contributed by atoms with Crippen molar-refractivity contribution in [1.82, 2.24) is 4.90 Å². The lowest BCUT2D eigenvalue weighted by atomic mass is 9.77. The van der Waals surface area contributed by atoms with Crippen LogP contribution in [-0.2, 0) is 4.79 Å². The lowest BCUT2D eigenvalue weighted by Gasteiger charge is -2.50. The highest BCUT2D eigenvalue weighted by Crippen LogP contribution is 2.37. The molecule has 2 fully saturated rings. The molecule has 0 N–H and O–H groups in total. The van der Waals surface area contributed by atoms with Crippen molar-refractivity contribution < 1.29 is 13.6 Å². The summed E-state index contributed by atoms with van der Waals surface area (Å²) in [7, 11) is 0. The average Bonchev–Trinajstić information content (AvgIpc) is 2.06. The van der Waals surface area contributed by atoms with Gasteiger partial charge in [-0.1, -0.05) is 12.8 Å². The molecule has 4 heteroatoms. The van der Waals surface area contributed by atoms with Gasteiger partial charge in [0.1, 0.15) is 0 Å². The van der Waals surface area contributed by atoms with Crippen LogP contribution in [0.25, 0.3) is 0 Å². The van der Waals surface area contributed by atoms with Crippen LogP contribution in [0.5, 0.6) is 0 Å². The fourth-order valence-electron chi connectivity index (χ4n) is 2.44. The van der Waals surface area contributed by atoms with Crippen molar-refractivity contribution in [2.75, 3.05) is 6.54 Å². The molecule has 1 aliphatic heterocycles. The summed E-state index contributed by atoms with van der Waals surface area (Å²) in [5.41, 5.74) is 0. The second kappa shape index (κ2) is 3.24. The molecule has 2 nitrogen and oxygen atoms in total. The van der Waals surface area contributed by atoms with Crippen molar-refractivity contribution in [3.63, 3.8) is 0 Å². The summed E-state index contributed by atoms with van der Waals surface area (Å²) < 4.78 is 24.1. The zero-order valence-corrected chi connectivity index (χ0v) is 7.38. The van der Waals surface area contributed by atoms with E-state index in [1.165, 1.54) is 11.3 Å². The largest absolute Gasteiger partial charge is 0.334 e. The SMILES string of the molecule is O=C(C(F)F)N1CC2CCCCC21. The van der Waals surface area contributed by atoms with E-state index in [0.29, 0.717) is 12.5 Å². The molecule has 0 bridgehead atoms. The molecule has 0 aromatic carbocycles. The predicted molar refractivity (Wildman–Crippen MR) is 43.5 cm³/mol. The van der Waals surface area contributed by atoms with E-state index in [4.69, 9.17) is 0 Å². The van der Waals surface area contributed by atoms with Gasteiger partial charge in [0.15, 0.2) is 0 Å². The molecule has 1 aliphatic carbocycles. The number of hydrogen-bond donors (Lipinski definition) is 0. The molecule has 0 aromatic rings. The van der Waals surface area contributed by atoms with Crippen LogP contribution in [0.3, 0.4) is 0 Å². The highest BCUT2D eigenvalue weighted by Gasteiger charge is 2.44. The van der Waals surface area contributed by atoms with Gasteiger partial charge >= 0.3 is 6.43 Å². The Balaban J connectivity index is 1.94. The Morgan fingerprint density at radius 1 is 1.31 bits per heavy atom. The number of rotatable bonds is 1. The van der Waals surface area contributed by atoms with Crippen molar-refractivity contribution in [2.24, 2.45) is 5.92 Å². The van der Waals surface area contributed by atoms with E-state index in [2.05, 4.69) is 0 Å². The van der Waals surface area contributed by atoms with Crippen molar-refractivity contribution in [3.05, 3.63) is 0 Å². The van der Waals surface area contributed by atoms with Crippen molar-refractivity contribution in [1.29, 1.82) is 0 Å². The average molecular weight is 189 g/mol. The zero-order valence-electron chi connectivity index (χ0n) is 7.38. The first-order chi connectivity index (χ1) is 6.20. The molecule has 1 amide bonds. The number of carbonyl (C=O) groups is 1. The molecule has 0 spiro atoms. The van der Waals surface area contributed by atoms with E-state index in [1.807, 2.05) is 0 Å². The van der Waals surface area contributed by atoms with Crippen LogP contribution in [0.1, 0.15) is 25.7 Å². The summed E-state index contributed by atoms with van der Waals surface area (Å²) in [6.45, 7) is 0.563. The lowest BCUT2D eigenvalue weighted by molar-refractivity contribution is -0.158. The lowest BCUT2D eigenvalue weighted by Crippen LogP contribution is -2.61. The van der Waals surface area contributed by atoms with Crippen LogP contribution in [-0.4, -0.2) is 29.8 Å². The maximum Gasteiger partial charge on any atom is 0.315 e. The number of fused-ring (bicyclic) bond motifs is 1. The number of halogens is 2. The number of alkyl halides is 2. The summed E-state index contributed by atoms with van der Waals surface area (Å²) in [4.78, 5) is 12.3. The molecule has 1 saturated heterocycles. The van der Waals surface area contributed by atoms with Crippen LogP contribution in [0, 0.1) is 5.92 Å². The van der Waals surface area contributed by atoms with E-state index < -0.39 is 12.3 Å². The predicted octanol–water partition coefficient (Wildman–Crippen LogP) is 1.65. The number of likely N-dealkylation sites (tertiary alicyclic amines) is 1. The molecule has 0 aromatic heterocycles. The Bertz CT molecular complexity index is 220. The van der Waals surface area contributed by atoms with Crippen LogP contribution < -0.4 is 0 Å². The Hall–Kier alpha value is -0.670. The third kappa shape index (κ3) is 1.42. The molecule has 2 rings (SSSR count). The van der Waals surface area contributed by atoms with Crippen molar-refractivity contribution in [2.45, 2.75) is 38.2 Å². The van der Waals surface area contributed by atoms with Gasteiger partial charge in [0, 0.05) is 12.6 Å². The minimum Gasteiger partial charge on any atom is -0.334 e.